The molecule has 3 N–H and O–H groups in total. The van der Waals surface area contributed by atoms with Gasteiger partial charge in [-0.3, -0.25) is 4.79 Å². The molecule has 5 heteroatoms. The summed E-state index contributed by atoms with van der Waals surface area (Å²) < 4.78 is 11.5. The first-order valence-electron chi connectivity index (χ1n) is 6.78. The molecule has 1 aliphatic heterocycles. The molecule has 1 aliphatic rings. The van der Waals surface area contributed by atoms with Gasteiger partial charge in [-0.15, -0.1) is 0 Å². The highest BCUT2D eigenvalue weighted by atomic mass is 16.5. The summed E-state index contributed by atoms with van der Waals surface area (Å²) in [5, 5.41) is 3.30. The third-order valence-electron chi connectivity index (χ3n) is 3.50. The summed E-state index contributed by atoms with van der Waals surface area (Å²) in [6.07, 6.45) is 0.235. The van der Waals surface area contributed by atoms with E-state index in [4.69, 9.17) is 15.2 Å². The molecule has 1 heterocycles. The lowest BCUT2D eigenvalue weighted by molar-refractivity contribution is -0.124. The Morgan fingerprint density at radius 1 is 1.55 bits per heavy atom. The van der Waals surface area contributed by atoms with Gasteiger partial charge in [0.05, 0.1) is 0 Å². The Labute approximate surface area is 119 Å². The van der Waals surface area contributed by atoms with Gasteiger partial charge in [-0.05, 0) is 33.9 Å². The van der Waals surface area contributed by atoms with Crippen LogP contribution >= 0.6 is 0 Å². The smallest absolute Gasteiger partial charge is 0.258 e. The molecule has 110 valence electrons. The minimum Gasteiger partial charge on any atom is -0.487 e. The van der Waals surface area contributed by atoms with Crippen molar-refractivity contribution < 1.29 is 14.3 Å². The molecule has 1 aromatic rings. The second-order valence-corrected chi connectivity index (χ2v) is 5.77. The average Bonchev–Trinajstić information content (AvgIpc) is 2.36. The fourth-order valence-corrected chi connectivity index (χ4v) is 2.42. The molecule has 0 bridgehead atoms. The van der Waals surface area contributed by atoms with Crippen LogP contribution in [0.5, 0.6) is 11.5 Å². The molecule has 2 rings (SSSR count). The summed E-state index contributed by atoms with van der Waals surface area (Å²) in [6.45, 7) is 5.74. The predicted molar refractivity (Wildman–Crippen MR) is 76.9 cm³/mol. The second-order valence-electron chi connectivity index (χ2n) is 5.77. The maximum atomic E-state index is 11.0. The van der Waals surface area contributed by atoms with Gasteiger partial charge in [-0.1, -0.05) is 6.07 Å². The van der Waals surface area contributed by atoms with E-state index < -0.39 is 12.0 Å². The molecule has 5 nitrogen and oxygen atoms in total. The number of benzene rings is 1. The maximum Gasteiger partial charge on any atom is 0.258 e. The Hall–Kier alpha value is -1.75. The molecule has 0 aliphatic carbocycles. The number of hydrogen-bond donors (Lipinski definition) is 2. The number of primary amides is 1. The quantitative estimate of drug-likeness (QED) is 0.880. The van der Waals surface area contributed by atoms with Crippen molar-refractivity contribution in [2.24, 2.45) is 5.73 Å². The number of carbonyl (C=O) groups excluding carboxylic acids is 1. The molecule has 1 amide bonds. The predicted octanol–water partition coefficient (Wildman–Crippen LogP) is 1.76. The Kier molecular flexibility index (Phi) is 3.90. The number of nitrogens with one attached hydrogen (secondary N) is 1. The van der Waals surface area contributed by atoms with E-state index in [1.807, 2.05) is 25.2 Å². The van der Waals surface area contributed by atoms with Gasteiger partial charge in [0.15, 0.2) is 6.10 Å². The van der Waals surface area contributed by atoms with Gasteiger partial charge in [0.2, 0.25) is 0 Å². The highest BCUT2D eigenvalue weighted by Gasteiger charge is 2.33. The molecule has 0 saturated heterocycles. The topological polar surface area (TPSA) is 73.6 Å². The van der Waals surface area contributed by atoms with Gasteiger partial charge >= 0.3 is 0 Å². The lowest BCUT2D eigenvalue weighted by atomic mass is 9.90. The minimum atomic E-state index is -0.662. The standard InChI is InChI=1S/C15H22N2O3/c1-9(14(16)18)19-10-5-6-11-12(17-4)8-15(2,3)20-13(11)7-10/h5-7,9,12,17H,8H2,1-4H3,(H2,16,18). The van der Waals surface area contributed by atoms with Crippen molar-refractivity contribution in [3.05, 3.63) is 23.8 Å². The Bertz CT molecular complexity index is 514. The summed E-state index contributed by atoms with van der Waals surface area (Å²) in [5.41, 5.74) is 6.06. The third kappa shape index (κ3) is 3.04. The Balaban J connectivity index is 2.28. The molecule has 20 heavy (non-hydrogen) atoms. The van der Waals surface area contributed by atoms with Crippen LogP contribution in [-0.2, 0) is 4.79 Å². The van der Waals surface area contributed by atoms with Crippen molar-refractivity contribution in [3.63, 3.8) is 0 Å². The number of ether oxygens (including phenoxy) is 2. The van der Waals surface area contributed by atoms with E-state index in [0.717, 1.165) is 17.7 Å². The van der Waals surface area contributed by atoms with Crippen molar-refractivity contribution in [1.29, 1.82) is 0 Å². The molecule has 0 radical (unpaired) electrons. The molecule has 0 saturated carbocycles. The van der Waals surface area contributed by atoms with E-state index in [1.165, 1.54) is 0 Å². The van der Waals surface area contributed by atoms with Gasteiger partial charge in [-0.25, -0.2) is 0 Å². The maximum absolute atomic E-state index is 11.0. The van der Waals surface area contributed by atoms with Crippen molar-refractivity contribution in [2.75, 3.05) is 7.05 Å². The van der Waals surface area contributed by atoms with Gasteiger partial charge in [0.25, 0.3) is 5.91 Å². The molecule has 0 aromatic heterocycles. The summed E-state index contributed by atoms with van der Waals surface area (Å²) in [7, 11) is 1.94. The molecule has 0 fully saturated rings. The number of amides is 1. The van der Waals surface area contributed by atoms with E-state index in [9.17, 15) is 4.79 Å². The van der Waals surface area contributed by atoms with Crippen LogP contribution in [0.4, 0.5) is 0 Å². The van der Waals surface area contributed by atoms with Gasteiger partial charge < -0.3 is 20.5 Å². The van der Waals surface area contributed by atoms with Crippen LogP contribution in [0, 0.1) is 0 Å². The first-order valence-corrected chi connectivity index (χ1v) is 6.78. The Morgan fingerprint density at radius 2 is 2.25 bits per heavy atom. The van der Waals surface area contributed by atoms with E-state index in [0.29, 0.717) is 5.75 Å². The zero-order chi connectivity index (χ0) is 14.9. The lowest BCUT2D eigenvalue weighted by Gasteiger charge is -2.37. The second kappa shape index (κ2) is 5.32. The van der Waals surface area contributed by atoms with Crippen LogP contribution in [0.2, 0.25) is 0 Å². The molecular formula is C15H22N2O3. The van der Waals surface area contributed by atoms with Crippen LogP contribution in [0.25, 0.3) is 0 Å². The van der Waals surface area contributed by atoms with Gasteiger partial charge in [0, 0.05) is 24.1 Å². The van der Waals surface area contributed by atoms with E-state index >= 15 is 0 Å². The molecule has 0 spiro atoms. The summed E-state index contributed by atoms with van der Waals surface area (Å²) in [6, 6.07) is 5.87. The summed E-state index contributed by atoms with van der Waals surface area (Å²) >= 11 is 0. The van der Waals surface area contributed by atoms with Crippen LogP contribution in [0.15, 0.2) is 18.2 Å². The number of rotatable bonds is 4. The molecular weight excluding hydrogens is 256 g/mol. The highest BCUT2D eigenvalue weighted by Crippen LogP contribution is 2.41. The van der Waals surface area contributed by atoms with Crippen LogP contribution in [-0.4, -0.2) is 24.7 Å². The number of nitrogens with two attached hydrogens (primary N) is 1. The van der Waals surface area contributed by atoms with E-state index in [1.54, 1.807) is 6.92 Å². The number of fused-ring (bicyclic) bond motifs is 1. The van der Waals surface area contributed by atoms with Crippen molar-refractivity contribution >= 4 is 5.91 Å². The van der Waals surface area contributed by atoms with Gasteiger partial charge in [-0.2, -0.15) is 0 Å². The number of hydrogen-bond acceptors (Lipinski definition) is 4. The minimum absolute atomic E-state index is 0.241. The molecule has 2 unspecified atom stereocenters. The zero-order valence-electron chi connectivity index (χ0n) is 12.4. The number of carbonyl (C=O) groups is 1. The summed E-state index contributed by atoms with van der Waals surface area (Å²) in [5.74, 6) is 0.884. The monoisotopic (exact) mass is 278 g/mol. The normalized spacial score (nSPS) is 21.5. The van der Waals surface area contributed by atoms with Crippen LogP contribution in [0.3, 0.4) is 0 Å². The van der Waals surface area contributed by atoms with Gasteiger partial charge in [0.1, 0.15) is 17.1 Å². The largest absolute Gasteiger partial charge is 0.487 e. The molecule has 1 aromatic carbocycles. The fraction of sp³-hybridized carbons (Fsp3) is 0.533. The third-order valence-corrected chi connectivity index (χ3v) is 3.50. The first-order chi connectivity index (χ1) is 9.32. The average molecular weight is 278 g/mol. The van der Waals surface area contributed by atoms with Crippen LogP contribution in [0.1, 0.15) is 38.8 Å². The highest BCUT2D eigenvalue weighted by molar-refractivity contribution is 5.78. The lowest BCUT2D eigenvalue weighted by Crippen LogP contribution is -2.38. The van der Waals surface area contributed by atoms with Crippen molar-refractivity contribution in [2.45, 2.75) is 44.9 Å². The van der Waals surface area contributed by atoms with E-state index in [2.05, 4.69) is 19.2 Å². The summed E-state index contributed by atoms with van der Waals surface area (Å²) in [4.78, 5) is 11.0. The zero-order valence-corrected chi connectivity index (χ0v) is 12.4. The molecule has 2 atom stereocenters. The fourth-order valence-electron chi connectivity index (χ4n) is 2.42. The van der Waals surface area contributed by atoms with Crippen molar-refractivity contribution in [3.8, 4) is 11.5 Å². The van der Waals surface area contributed by atoms with Crippen LogP contribution < -0.4 is 20.5 Å². The SMILES string of the molecule is CNC1CC(C)(C)Oc2cc(OC(C)C(N)=O)ccc21. The first kappa shape index (κ1) is 14.7. The Morgan fingerprint density at radius 3 is 2.85 bits per heavy atom. The van der Waals surface area contributed by atoms with E-state index in [-0.39, 0.29) is 11.6 Å². The van der Waals surface area contributed by atoms with Crippen molar-refractivity contribution in [1.82, 2.24) is 5.32 Å².